The Labute approximate surface area is 202 Å². The summed E-state index contributed by atoms with van der Waals surface area (Å²) >= 11 is 0. The number of halogens is 2. The van der Waals surface area contributed by atoms with Gasteiger partial charge in [0.2, 0.25) is 10.0 Å². The van der Waals surface area contributed by atoms with Gasteiger partial charge < -0.3 is 10.6 Å². The van der Waals surface area contributed by atoms with Gasteiger partial charge in [0.15, 0.2) is 5.96 Å². The van der Waals surface area contributed by atoms with Crippen LogP contribution in [0.15, 0.2) is 47.5 Å². The van der Waals surface area contributed by atoms with Gasteiger partial charge in [-0.3, -0.25) is 4.99 Å². The van der Waals surface area contributed by atoms with Crippen LogP contribution in [0.1, 0.15) is 36.1 Å². The molecule has 172 valence electrons. The summed E-state index contributed by atoms with van der Waals surface area (Å²) < 4.78 is 39.8. The molecule has 0 aromatic heterocycles. The second-order valence-corrected chi connectivity index (χ2v) is 9.28. The van der Waals surface area contributed by atoms with Crippen molar-refractivity contribution >= 4 is 40.0 Å². The number of sulfonamides is 1. The molecule has 0 bridgehead atoms. The summed E-state index contributed by atoms with van der Waals surface area (Å²) in [4.78, 5) is 4.21. The topological polar surface area (TPSA) is 82.6 Å². The molecule has 0 radical (unpaired) electrons. The summed E-state index contributed by atoms with van der Waals surface area (Å²) in [6.45, 7) is 6.74. The molecule has 0 saturated heterocycles. The number of aliphatic imine (C=N–C) groups is 1. The molecule has 31 heavy (non-hydrogen) atoms. The highest BCUT2D eigenvalue weighted by atomic mass is 127. The lowest BCUT2D eigenvalue weighted by Gasteiger charge is -2.13. The molecule has 2 rings (SSSR count). The van der Waals surface area contributed by atoms with E-state index >= 15 is 0 Å². The van der Waals surface area contributed by atoms with E-state index in [1.54, 1.807) is 27.0 Å². The zero-order chi connectivity index (χ0) is 22.1. The Kier molecular flexibility index (Phi) is 11.4. The van der Waals surface area contributed by atoms with Gasteiger partial charge in [-0.1, -0.05) is 30.3 Å². The van der Waals surface area contributed by atoms with E-state index in [0.29, 0.717) is 19.0 Å². The Hall–Kier alpha value is -1.72. The van der Waals surface area contributed by atoms with E-state index in [0.717, 1.165) is 28.7 Å². The highest BCUT2D eigenvalue weighted by molar-refractivity contribution is 14.0. The fourth-order valence-electron chi connectivity index (χ4n) is 3.04. The summed E-state index contributed by atoms with van der Waals surface area (Å²) in [5.74, 6) is 0.411. The molecular formula is C22H32FIN4O2S. The van der Waals surface area contributed by atoms with E-state index in [2.05, 4.69) is 20.3 Å². The molecule has 0 heterocycles. The minimum atomic E-state index is -3.33. The zero-order valence-electron chi connectivity index (χ0n) is 18.4. The summed E-state index contributed by atoms with van der Waals surface area (Å²) in [5, 5.41) is 6.49. The van der Waals surface area contributed by atoms with Gasteiger partial charge in [-0.2, -0.15) is 0 Å². The summed E-state index contributed by atoms with van der Waals surface area (Å²) in [5.41, 5.74) is 3.79. The second-order valence-electron chi connectivity index (χ2n) is 7.52. The van der Waals surface area contributed by atoms with Crippen LogP contribution in [0.3, 0.4) is 0 Å². The third kappa shape index (κ3) is 9.96. The molecule has 3 N–H and O–H groups in total. The molecule has 0 aliphatic carbocycles. The van der Waals surface area contributed by atoms with Gasteiger partial charge >= 0.3 is 0 Å². The van der Waals surface area contributed by atoms with Gasteiger partial charge in [0, 0.05) is 26.2 Å². The van der Waals surface area contributed by atoms with Crippen molar-refractivity contribution in [1.82, 2.24) is 15.4 Å². The highest BCUT2D eigenvalue weighted by Gasteiger charge is 2.12. The quantitative estimate of drug-likeness (QED) is 0.248. The van der Waals surface area contributed by atoms with Gasteiger partial charge in [0.1, 0.15) is 5.82 Å². The lowest BCUT2D eigenvalue weighted by Crippen LogP contribution is -2.37. The third-order valence-corrected chi connectivity index (χ3v) is 6.01. The molecule has 2 aromatic carbocycles. The van der Waals surface area contributed by atoms with Crippen LogP contribution < -0.4 is 15.4 Å². The van der Waals surface area contributed by atoms with Crippen molar-refractivity contribution in [3.8, 4) is 0 Å². The van der Waals surface area contributed by atoms with Crippen LogP contribution in [0.5, 0.6) is 0 Å². The van der Waals surface area contributed by atoms with Crippen molar-refractivity contribution in [1.29, 1.82) is 0 Å². The number of hydrogen-bond acceptors (Lipinski definition) is 3. The monoisotopic (exact) mass is 562 g/mol. The Morgan fingerprint density at radius 3 is 2.29 bits per heavy atom. The van der Waals surface area contributed by atoms with E-state index < -0.39 is 10.0 Å². The molecule has 2 aromatic rings. The van der Waals surface area contributed by atoms with E-state index in [9.17, 15) is 12.8 Å². The lowest BCUT2D eigenvalue weighted by molar-refractivity contribution is 0.569. The van der Waals surface area contributed by atoms with E-state index in [1.807, 2.05) is 31.2 Å². The van der Waals surface area contributed by atoms with Gasteiger partial charge in [-0.25, -0.2) is 17.5 Å². The molecule has 0 aliphatic rings. The Morgan fingerprint density at radius 1 is 1.06 bits per heavy atom. The number of nitrogens with one attached hydrogen (secondary N) is 3. The Balaban J connectivity index is 0.00000480. The average Bonchev–Trinajstić information content (AvgIpc) is 2.66. The first-order chi connectivity index (χ1) is 14.2. The molecule has 0 aliphatic heterocycles. The van der Waals surface area contributed by atoms with E-state index in [1.165, 1.54) is 12.1 Å². The van der Waals surface area contributed by atoms with Crippen molar-refractivity contribution in [3.05, 3.63) is 70.5 Å². The molecular weight excluding hydrogens is 530 g/mol. The molecule has 6 nitrogen and oxygen atoms in total. The maximum atomic E-state index is 13.2. The fourth-order valence-corrected chi connectivity index (χ4v) is 4.47. The number of benzene rings is 2. The van der Waals surface area contributed by atoms with Crippen LogP contribution >= 0.6 is 24.0 Å². The minimum absolute atomic E-state index is 0. The Bertz CT molecular complexity index is 964. The molecule has 9 heteroatoms. The Morgan fingerprint density at radius 2 is 1.71 bits per heavy atom. The summed E-state index contributed by atoms with van der Waals surface area (Å²) in [6.07, 6.45) is 0.764. The van der Waals surface area contributed by atoms with Gasteiger partial charge in [-0.05, 0) is 61.6 Å². The number of aryl methyl sites for hydroxylation is 1. The van der Waals surface area contributed by atoms with E-state index in [-0.39, 0.29) is 41.6 Å². The van der Waals surface area contributed by atoms with Gasteiger partial charge in [0.05, 0.1) is 5.75 Å². The van der Waals surface area contributed by atoms with Crippen molar-refractivity contribution in [3.63, 3.8) is 0 Å². The van der Waals surface area contributed by atoms with Crippen LogP contribution in [0, 0.1) is 12.7 Å². The number of hydrogen-bond donors (Lipinski definition) is 3. The molecule has 0 amide bonds. The second kappa shape index (κ2) is 13.0. The van der Waals surface area contributed by atoms with Gasteiger partial charge in [-0.15, -0.1) is 24.0 Å². The van der Waals surface area contributed by atoms with Crippen LogP contribution in [0.25, 0.3) is 0 Å². The molecule has 0 unspecified atom stereocenters. The first kappa shape index (κ1) is 27.3. The lowest BCUT2D eigenvalue weighted by atomic mass is 10.1. The van der Waals surface area contributed by atoms with Gasteiger partial charge in [0.25, 0.3) is 0 Å². The maximum absolute atomic E-state index is 13.2. The summed E-state index contributed by atoms with van der Waals surface area (Å²) in [6, 6.07) is 12.2. The van der Waals surface area contributed by atoms with Crippen molar-refractivity contribution in [2.75, 3.05) is 13.6 Å². The predicted octanol–water partition coefficient (Wildman–Crippen LogP) is 3.49. The maximum Gasteiger partial charge on any atom is 0.216 e. The van der Waals surface area contributed by atoms with Crippen LogP contribution in [-0.2, 0) is 28.7 Å². The van der Waals surface area contributed by atoms with Crippen molar-refractivity contribution < 1.29 is 12.8 Å². The number of guanidine groups is 1. The SMILES string of the molecule is CN=C(NCCc1ccc(F)cc1C)NCc1ccc(CS(=O)(=O)NC(C)C)cc1.I. The van der Waals surface area contributed by atoms with E-state index in [4.69, 9.17) is 0 Å². The fraction of sp³-hybridized carbons (Fsp3) is 0.409. The number of nitrogens with zero attached hydrogens (tertiary/aromatic N) is 1. The van der Waals surface area contributed by atoms with Crippen LogP contribution in [0.4, 0.5) is 4.39 Å². The molecule has 0 saturated carbocycles. The molecule has 0 spiro atoms. The molecule has 0 fully saturated rings. The minimum Gasteiger partial charge on any atom is -0.356 e. The highest BCUT2D eigenvalue weighted by Crippen LogP contribution is 2.10. The normalized spacial score (nSPS) is 11.9. The third-order valence-electron chi connectivity index (χ3n) is 4.47. The predicted molar refractivity (Wildman–Crippen MR) is 136 cm³/mol. The molecule has 0 atom stereocenters. The standard InChI is InChI=1S/C22H31FN4O2S.HI/c1-16(2)27-30(28,29)15-19-7-5-18(6-8-19)14-26-22(24-4)25-12-11-20-9-10-21(23)13-17(20)3;/h5-10,13,16,27H,11-12,14-15H2,1-4H3,(H2,24,25,26);1H. The van der Waals surface area contributed by atoms with Crippen LogP contribution in [-0.4, -0.2) is 34.0 Å². The number of rotatable bonds is 9. The summed E-state index contributed by atoms with van der Waals surface area (Å²) in [7, 11) is -1.63. The smallest absolute Gasteiger partial charge is 0.216 e. The van der Waals surface area contributed by atoms with Crippen molar-refractivity contribution in [2.45, 2.75) is 45.5 Å². The largest absolute Gasteiger partial charge is 0.356 e. The zero-order valence-corrected chi connectivity index (χ0v) is 21.6. The van der Waals surface area contributed by atoms with Crippen molar-refractivity contribution in [2.24, 2.45) is 4.99 Å². The first-order valence-corrected chi connectivity index (χ1v) is 11.6. The van der Waals surface area contributed by atoms with Crippen LogP contribution in [0.2, 0.25) is 0 Å². The first-order valence-electron chi connectivity index (χ1n) is 9.96. The average molecular weight is 562 g/mol.